The normalized spacial score (nSPS) is 15.1. The summed E-state index contributed by atoms with van der Waals surface area (Å²) in [6.07, 6.45) is 2.52. The summed E-state index contributed by atoms with van der Waals surface area (Å²) in [5.74, 6) is -1.26. The van der Waals surface area contributed by atoms with E-state index >= 15 is 0 Å². The number of rotatable bonds is 4. The van der Waals surface area contributed by atoms with Gasteiger partial charge >= 0.3 is 12.0 Å². The maximum Gasteiger partial charge on any atom is 0.328 e. The zero-order valence-corrected chi connectivity index (χ0v) is 10.00. The van der Waals surface area contributed by atoms with Crippen LogP contribution < -0.4 is 5.32 Å². The summed E-state index contributed by atoms with van der Waals surface area (Å²) in [6, 6.07) is 6.57. The van der Waals surface area contributed by atoms with Gasteiger partial charge in [-0.3, -0.25) is 9.69 Å². The average Bonchev–Trinajstić information content (AvgIpc) is 2.70. The molecule has 0 saturated carbocycles. The lowest BCUT2D eigenvalue weighted by Crippen LogP contribution is -2.30. The number of hydrogen-bond donors (Lipinski definition) is 2. The Bertz CT molecular complexity index is 532. The van der Waals surface area contributed by atoms with Crippen molar-refractivity contribution in [2.75, 3.05) is 6.54 Å². The van der Waals surface area contributed by atoms with Crippen LogP contribution in [-0.4, -0.2) is 34.5 Å². The summed E-state index contributed by atoms with van der Waals surface area (Å²) in [5.41, 5.74) is 1.54. The zero-order valence-electron chi connectivity index (χ0n) is 10.00. The minimum Gasteiger partial charge on any atom is -0.478 e. The van der Waals surface area contributed by atoms with Gasteiger partial charge < -0.3 is 10.4 Å². The average molecular weight is 260 g/mol. The molecular weight excluding hydrogens is 248 g/mol. The maximum absolute atomic E-state index is 11.4. The van der Waals surface area contributed by atoms with Gasteiger partial charge in [0.05, 0.1) is 13.1 Å². The first-order chi connectivity index (χ1) is 9.06. The summed E-state index contributed by atoms with van der Waals surface area (Å²) in [5, 5.41) is 10.9. The van der Waals surface area contributed by atoms with Gasteiger partial charge in [-0.25, -0.2) is 9.59 Å². The predicted molar refractivity (Wildman–Crippen MR) is 67.1 cm³/mol. The molecule has 0 spiro atoms. The first-order valence-electron chi connectivity index (χ1n) is 5.64. The van der Waals surface area contributed by atoms with E-state index < -0.39 is 5.97 Å². The zero-order chi connectivity index (χ0) is 13.8. The van der Waals surface area contributed by atoms with Gasteiger partial charge in [-0.05, 0) is 17.2 Å². The molecule has 1 heterocycles. The van der Waals surface area contributed by atoms with E-state index in [1.165, 1.54) is 6.08 Å². The molecule has 1 aliphatic heterocycles. The van der Waals surface area contributed by atoms with Gasteiger partial charge in [0, 0.05) is 6.08 Å². The Labute approximate surface area is 109 Å². The smallest absolute Gasteiger partial charge is 0.328 e. The first-order valence-corrected chi connectivity index (χ1v) is 5.64. The lowest BCUT2D eigenvalue weighted by molar-refractivity contribution is -0.131. The molecule has 3 amide bonds. The van der Waals surface area contributed by atoms with Gasteiger partial charge in [0.15, 0.2) is 0 Å². The van der Waals surface area contributed by atoms with Crippen LogP contribution in [0.15, 0.2) is 30.3 Å². The number of carboxylic acids is 1. The Morgan fingerprint density at radius 3 is 2.53 bits per heavy atom. The lowest BCUT2D eigenvalue weighted by atomic mass is 10.1. The number of hydrogen-bond acceptors (Lipinski definition) is 3. The number of carboxylic acid groups (broad SMARTS) is 1. The standard InChI is InChI=1S/C13H12N2O4/c16-11-7-14-13(19)15(11)8-10-3-1-9(2-4-10)5-6-12(17)18/h1-6H,7-8H2,(H,14,19)(H,17,18)/b6-5+. The van der Waals surface area contributed by atoms with Crippen molar-refractivity contribution < 1.29 is 19.5 Å². The number of imide groups is 1. The Morgan fingerprint density at radius 1 is 1.32 bits per heavy atom. The molecule has 0 aromatic heterocycles. The van der Waals surface area contributed by atoms with Crippen LogP contribution in [0.5, 0.6) is 0 Å². The van der Waals surface area contributed by atoms with Crippen molar-refractivity contribution in [1.82, 2.24) is 10.2 Å². The fourth-order valence-electron chi connectivity index (χ4n) is 1.70. The topological polar surface area (TPSA) is 86.7 Å². The van der Waals surface area contributed by atoms with Gasteiger partial charge in [0.25, 0.3) is 0 Å². The molecule has 1 fully saturated rings. The quantitative estimate of drug-likeness (QED) is 0.620. The number of carbonyl (C=O) groups is 3. The summed E-state index contributed by atoms with van der Waals surface area (Å²) in [6.45, 7) is 0.256. The molecule has 0 unspecified atom stereocenters. The van der Waals surface area contributed by atoms with E-state index in [1.807, 2.05) is 0 Å². The van der Waals surface area contributed by atoms with Crippen LogP contribution in [0.25, 0.3) is 6.08 Å². The molecule has 1 aromatic carbocycles. The van der Waals surface area contributed by atoms with Crippen molar-refractivity contribution in [3.63, 3.8) is 0 Å². The molecule has 1 saturated heterocycles. The number of carbonyl (C=O) groups excluding carboxylic acids is 2. The molecule has 0 aliphatic carbocycles. The van der Waals surface area contributed by atoms with Crippen molar-refractivity contribution >= 4 is 24.0 Å². The van der Waals surface area contributed by atoms with E-state index in [0.717, 1.165) is 22.1 Å². The fourth-order valence-corrected chi connectivity index (χ4v) is 1.70. The third-order valence-electron chi connectivity index (χ3n) is 2.68. The van der Waals surface area contributed by atoms with Crippen molar-refractivity contribution in [3.8, 4) is 0 Å². The van der Waals surface area contributed by atoms with Crippen LogP contribution in [0.2, 0.25) is 0 Å². The Hall–Kier alpha value is -2.63. The van der Waals surface area contributed by atoms with Gasteiger partial charge in [-0.1, -0.05) is 24.3 Å². The molecule has 6 nitrogen and oxygen atoms in total. The van der Waals surface area contributed by atoms with Gasteiger partial charge in [0.2, 0.25) is 5.91 Å². The Morgan fingerprint density at radius 2 is 2.00 bits per heavy atom. The summed E-state index contributed by atoms with van der Waals surface area (Å²) < 4.78 is 0. The second-order valence-corrected chi connectivity index (χ2v) is 4.05. The molecule has 19 heavy (non-hydrogen) atoms. The van der Waals surface area contributed by atoms with Crippen LogP contribution in [-0.2, 0) is 16.1 Å². The van der Waals surface area contributed by atoms with E-state index in [4.69, 9.17) is 5.11 Å². The summed E-state index contributed by atoms with van der Waals surface area (Å²) in [7, 11) is 0. The lowest BCUT2D eigenvalue weighted by Gasteiger charge is -2.12. The highest BCUT2D eigenvalue weighted by molar-refractivity contribution is 6.01. The Balaban J connectivity index is 2.04. The molecule has 0 atom stereocenters. The number of nitrogens with zero attached hydrogens (tertiary/aromatic N) is 1. The molecule has 98 valence electrons. The van der Waals surface area contributed by atoms with Gasteiger partial charge in [-0.2, -0.15) is 0 Å². The van der Waals surface area contributed by atoms with Gasteiger partial charge in [-0.15, -0.1) is 0 Å². The van der Waals surface area contributed by atoms with E-state index in [9.17, 15) is 14.4 Å². The van der Waals surface area contributed by atoms with Crippen molar-refractivity contribution in [2.45, 2.75) is 6.54 Å². The van der Waals surface area contributed by atoms with Crippen molar-refractivity contribution in [1.29, 1.82) is 0 Å². The minimum atomic E-state index is -1.01. The molecule has 2 rings (SSSR count). The molecule has 1 aliphatic rings. The summed E-state index contributed by atoms with van der Waals surface area (Å²) in [4.78, 5) is 34.3. The van der Waals surface area contributed by atoms with E-state index in [-0.39, 0.29) is 25.0 Å². The Kier molecular flexibility index (Phi) is 3.61. The van der Waals surface area contributed by atoms with Crippen molar-refractivity contribution in [3.05, 3.63) is 41.5 Å². The van der Waals surface area contributed by atoms with Crippen LogP contribution in [0.1, 0.15) is 11.1 Å². The molecule has 6 heteroatoms. The van der Waals surface area contributed by atoms with E-state index in [0.29, 0.717) is 0 Å². The molecule has 0 bridgehead atoms. The fraction of sp³-hybridized carbons (Fsp3) is 0.154. The monoisotopic (exact) mass is 260 g/mol. The van der Waals surface area contributed by atoms with Crippen LogP contribution in [0.3, 0.4) is 0 Å². The molecule has 0 radical (unpaired) electrons. The second-order valence-electron chi connectivity index (χ2n) is 4.05. The van der Waals surface area contributed by atoms with E-state index in [2.05, 4.69) is 5.32 Å². The summed E-state index contributed by atoms with van der Waals surface area (Å²) >= 11 is 0. The molecule has 2 N–H and O–H groups in total. The van der Waals surface area contributed by atoms with Crippen LogP contribution >= 0.6 is 0 Å². The number of urea groups is 1. The SMILES string of the molecule is O=C(O)/C=C/c1ccc(CN2C(=O)CNC2=O)cc1. The van der Waals surface area contributed by atoms with Crippen molar-refractivity contribution in [2.24, 2.45) is 0 Å². The largest absolute Gasteiger partial charge is 0.478 e. The predicted octanol–water partition coefficient (Wildman–Crippen LogP) is 0.836. The van der Waals surface area contributed by atoms with Gasteiger partial charge in [0.1, 0.15) is 0 Å². The first kappa shape index (κ1) is 12.8. The maximum atomic E-state index is 11.4. The molecule has 1 aromatic rings. The third kappa shape index (κ3) is 3.19. The van der Waals surface area contributed by atoms with Crippen LogP contribution in [0.4, 0.5) is 4.79 Å². The molecular formula is C13H12N2O4. The van der Waals surface area contributed by atoms with E-state index in [1.54, 1.807) is 24.3 Å². The number of amides is 3. The number of aliphatic carboxylic acids is 1. The number of nitrogens with one attached hydrogen (secondary N) is 1. The highest BCUT2D eigenvalue weighted by Gasteiger charge is 2.28. The van der Waals surface area contributed by atoms with Crippen LogP contribution in [0, 0.1) is 0 Å². The minimum absolute atomic E-state index is 0.0399. The highest BCUT2D eigenvalue weighted by Crippen LogP contribution is 2.11. The number of benzene rings is 1. The second kappa shape index (κ2) is 5.34. The third-order valence-corrected chi connectivity index (χ3v) is 2.68. The highest BCUT2D eigenvalue weighted by atomic mass is 16.4.